The van der Waals surface area contributed by atoms with Crippen LogP contribution in [0, 0.1) is 5.41 Å². The monoisotopic (exact) mass is 1200 g/mol. The summed E-state index contributed by atoms with van der Waals surface area (Å²) in [5.41, 5.74) is 17.7. The second-order valence-corrected chi connectivity index (χ2v) is 27.3. The van der Waals surface area contributed by atoms with Crippen LogP contribution >= 0.6 is 0 Å². The number of carboxylic acid groups (broad SMARTS) is 2. The fourth-order valence-corrected chi connectivity index (χ4v) is 12.2. The number of fused-ring (bicyclic) bond motifs is 2. The summed E-state index contributed by atoms with van der Waals surface area (Å²) in [7, 11) is 0. The van der Waals surface area contributed by atoms with Gasteiger partial charge in [-0.25, -0.2) is 23.7 Å². The van der Waals surface area contributed by atoms with Gasteiger partial charge < -0.3 is 20.3 Å². The highest BCUT2D eigenvalue weighted by atomic mass is 16.5. The maximum atomic E-state index is 12.6. The minimum absolute atomic E-state index is 0.0936. The van der Waals surface area contributed by atoms with E-state index in [2.05, 4.69) is 147 Å². The molecule has 3 aliphatic rings. The summed E-state index contributed by atoms with van der Waals surface area (Å²) in [5.74, 6) is -2.08. The number of allylic oxidation sites excluding steroid dienone is 9. The van der Waals surface area contributed by atoms with Crippen LogP contribution in [0.5, 0.6) is 5.75 Å². The molecule has 5 aromatic carbocycles. The number of aromatic amines is 1. The first-order valence-electron chi connectivity index (χ1n) is 30.7. The van der Waals surface area contributed by atoms with E-state index in [9.17, 15) is 24.0 Å². The van der Waals surface area contributed by atoms with Crippen molar-refractivity contribution in [2.45, 2.75) is 164 Å². The maximum absolute atomic E-state index is 12.6. The number of aromatic carboxylic acids is 2. The molecule has 3 aliphatic carbocycles. The lowest BCUT2D eigenvalue weighted by Crippen LogP contribution is -2.33. The largest absolute Gasteiger partial charge is 0.478 e. The van der Waals surface area contributed by atoms with Crippen molar-refractivity contribution in [3.63, 3.8) is 0 Å². The lowest BCUT2D eigenvalue weighted by molar-refractivity contribution is -0.129. The molecule has 0 saturated heterocycles. The molecule has 464 valence electrons. The molecule has 0 unspecified atom stereocenters. The van der Waals surface area contributed by atoms with Gasteiger partial charge in [-0.05, 0) is 216 Å². The second kappa shape index (κ2) is 26.7. The number of benzene rings is 5. The molecule has 0 bridgehead atoms. The van der Waals surface area contributed by atoms with Crippen molar-refractivity contribution in [3.05, 3.63) is 230 Å². The van der Waals surface area contributed by atoms with E-state index in [1.165, 1.54) is 95.3 Å². The molecule has 2 heterocycles. The number of hydrogen-bond acceptors (Lipinski definition) is 7. The van der Waals surface area contributed by atoms with E-state index >= 15 is 0 Å². The summed E-state index contributed by atoms with van der Waals surface area (Å²) in [6.07, 6.45) is 24.0. The van der Waals surface area contributed by atoms with Gasteiger partial charge in [-0.15, -0.1) is 0 Å². The predicted molar refractivity (Wildman–Crippen MR) is 358 cm³/mol. The van der Waals surface area contributed by atoms with Crippen LogP contribution in [0.4, 0.5) is 5.69 Å². The summed E-state index contributed by atoms with van der Waals surface area (Å²) in [6, 6.07) is 34.5. The highest BCUT2D eigenvalue weighted by Gasteiger charge is 2.38. The van der Waals surface area contributed by atoms with Gasteiger partial charge in [0.15, 0.2) is 0 Å². The number of nitrogens with one attached hydrogen (secondary N) is 2. The van der Waals surface area contributed by atoms with Crippen molar-refractivity contribution < 1.29 is 34.1 Å². The molecule has 4 N–H and O–H groups in total. The van der Waals surface area contributed by atoms with E-state index < -0.39 is 17.9 Å². The molecule has 0 fully saturated rings. The molecular weight excluding hydrogens is 1110 g/mol. The number of rotatable bonds is 13. The van der Waals surface area contributed by atoms with Crippen molar-refractivity contribution in [1.82, 2.24) is 19.6 Å². The summed E-state index contributed by atoms with van der Waals surface area (Å²) < 4.78 is 8.54. The zero-order valence-electron chi connectivity index (χ0n) is 54.2. The molecule has 13 heteroatoms. The van der Waals surface area contributed by atoms with Crippen LogP contribution in [0.2, 0.25) is 0 Å². The van der Waals surface area contributed by atoms with Crippen molar-refractivity contribution >= 4 is 29.5 Å². The first-order chi connectivity index (χ1) is 41.8. The highest BCUT2D eigenvalue weighted by molar-refractivity contribution is 5.89. The van der Waals surface area contributed by atoms with Crippen LogP contribution in [0.15, 0.2) is 191 Å². The van der Waals surface area contributed by atoms with Crippen LogP contribution in [0.25, 0.3) is 33.8 Å². The number of esters is 1. The average molecular weight is 1200 g/mol. The molecule has 7 aromatic rings. The second-order valence-electron chi connectivity index (χ2n) is 27.3. The van der Waals surface area contributed by atoms with E-state index in [0.717, 1.165) is 52.1 Å². The molecule has 10 rings (SSSR count). The summed E-state index contributed by atoms with van der Waals surface area (Å²) in [4.78, 5) is 57.8. The Labute approximate surface area is 524 Å². The van der Waals surface area contributed by atoms with Gasteiger partial charge in [0.2, 0.25) is 5.91 Å². The van der Waals surface area contributed by atoms with Gasteiger partial charge in [-0.3, -0.25) is 14.7 Å². The van der Waals surface area contributed by atoms with Crippen LogP contribution in [0.3, 0.4) is 0 Å². The van der Waals surface area contributed by atoms with Crippen molar-refractivity contribution in [3.8, 4) is 39.5 Å². The third-order valence-corrected chi connectivity index (χ3v) is 17.9. The maximum Gasteiger partial charge on any atom is 0.336 e. The average Bonchev–Trinajstić information content (AvgIpc) is 1.36. The van der Waals surface area contributed by atoms with Gasteiger partial charge in [0, 0.05) is 36.5 Å². The Morgan fingerprint density at radius 1 is 0.596 bits per heavy atom. The molecule has 13 nitrogen and oxygen atoms in total. The van der Waals surface area contributed by atoms with Gasteiger partial charge in [0.1, 0.15) is 5.75 Å². The van der Waals surface area contributed by atoms with Crippen molar-refractivity contribution in [2.24, 2.45) is 5.41 Å². The van der Waals surface area contributed by atoms with Crippen LogP contribution < -0.4 is 15.6 Å². The van der Waals surface area contributed by atoms with Gasteiger partial charge in [-0.1, -0.05) is 141 Å². The predicted octanol–water partition coefficient (Wildman–Crippen LogP) is 17.5. The lowest BCUT2D eigenvalue weighted by Gasteiger charge is -2.42. The smallest absolute Gasteiger partial charge is 0.336 e. The third kappa shape index (κ3) is 16.2. The van der Waals surface area contributed by atoms with Gasteiger partial charge in [-0.2, -0.15) is 5.10 Å². The molecule has 2 aromatic heterocycles. The summed E-state index contributed by atoms with van der Waals surface area (Å²) >= 11 is 0. The standard InChI is InChI=1S/C28H35NO3.C24H26N2O3.C24H26N2O2/c1-20(12-17-26-22(3)11-8-18-28(26,5)6)9-7-10-21(2)19-27(31)32-25-15-13-24(14-16-25)29-23(4)30;1-23(2)11-12-24(3,4)19-13-16(7-10-18(19)23)20-14-21(27)26(25-20)17-8-5-15(6-9-17)22(28)29;1-23(2)11-12-24(3,4)21-13-17(7-10-20(21)23)18-14-25-26(15-18)19-8-5-16(6-9-19)22(27)28/h7,9-10,12-17,19H,8,11,18H2,1-6H3,(H,29,30);5-10,13-14,25H,11-12H2,1-4H3,(H,28,29);5-10,13-15H,11-12H2,1-4H3,(H,27,28). The number of hydrogen-bond donors (Lipinski definition) is 4. The first-order valence-corrected chi connectivity index (χ1v) is 30.7. The Hall–Kier alpha value is -9.10. The molecule has 0 saturated carbocycles. The first kappa shape index (κ1) is 65.9. The zero-order chi connectivity index (χ0) is 64.8. The molecular formula is C76H87N5O8. The lowest BCUT2D eigenvalue weighted by atomic mass is 9.63. The van der Waals surface area contributed by atoms with Crippen LogP contribution in [0.1, 0.15) is 185 Å². The number of H-pyrrole nitrogens is 1. The number of aromatic nitrogens is 4. The number of carbonyl (C=O) groups excluding carboxylic acids is 2. The molecule has 0 radical (unpaired) electrons. The number of amides is 1. The Morgan fingerprint density at radius 2 is 1.12 bits per heavy atom. The van der Waals surface area contributed by atoms with E-state index in [-0.39, 0.29) is 49.7 Å². The molecule has 0 atom stereocenters. The topological polar surface area (TPSA) is 186 Å². The molecule has 1 amide bonds. The van der Waals surface area contributed by atoms with E-state index in [1.54, 1.807) is 71.4 Å². The minimum atomic E-state index is -0.990. The SMILES string of the molecule is CC(=O)Nc1ccc(OC(=O)C=C(C)C=CC=C(C)C=CC2=C(C)CCCC2(C)C)cc1.CC1(C)CCC(C)(C)c2cc(-c3cc(=O)n(-c4ccc(C(=O)O)cc4)[nH]3)ccc21.CC1(C)CCC(C)(C)c2cc(-c3cnn(-c4ccc(C(=O)O)cc4)c3)ccc21. The van der Waals surface area contributed by atoms with E-state index in [4.69, 9.17) is 14.9 Å². The van der Waals surface area contributed by atoms with Crippen LogP contribution in [-0.2, 0) is 31.2 Å². The minimum Gasteiger partial charge on any atom is -0.478 e. The van der Waals surface area contributed by atoms with E-state index in [0.29, 0.717) is 17.1 Å². The Kier molecular flexibility index (Phi) is 19.8. The number of anilines is 1. The molecule has 0 aliphatic heterocycles. The fraction of sp³-hybridized carbons (Fsp3) is 0.342. The summed E-state index contributed by atoms with van der Waals surface area (Å²) in [5, 5.41) is 28.4. The van der Waals surface area contributed by atoms with Crippen LogP contribution in [-0.4, -0.2) is 53.6 Å². The third-order valence-electron chi connectivity index (χ3n) is 17.9. The normalized spacial score (nSPS) is 17.1. The zero-order valence-corrected chi connectivity index (χ0v) is 54.2. The van der Waals surface area contributed by atoms with Gasteiger partial charge in [0.05, 0.1) is 34.4 Å². The Morgan fingerprint density at radius 3 is 1.66 bits per heavy atom. The van der Waals surface area contributed by atoms with E-state index in [1.807, 2.05) is 37.5 Å². The Bertz CT molecular complexity index is 4000. The quantitative estimate of drug-likeness (QED) is 0.0377. The van der Waals surface area contributed by atoms with Gasteiger partial charge in [0.25, 0.3) is 5.56 Å². The summed E-state index contributed by atoms with van der Waals surface area (Å²) in [6.45, 7) is 30.7. The Balaban J connectivity index is 0.000000173. The number of carbonyl (C=O) groups is 4. The highest BCUT2D eigenvalue weighted by Crippen LogP contribution is 2.48. The van der Waals surface area contributed by atoms with Crippen molar-refractivity contribution in [1.29, 1.82) is 0 Å². The fourth-order valence-electron chi connectivity index (χ4n) is 12.2. The molecule has 89 heavy (non-hydrogen) atoms. The molecule has 0 spiro atoms. The number of carboxylic acids is 2. The van der Waals surface area contributed by atoms with Crippen molar-refractivity contribution in [2.75, 3.05) is 5.32 Å². The van der Waals surface area contributed by atoms with Gasteiger partial charge >= 0.3 is 17.9 Å². The number of ether oxygens (including phenoxy) is 1. The number of nitrogens with zero attached hydrogens (tertiary/aromatic N) is 3.